The number of fused-ring (bicyclic) bond motifs is 1. The molecule has 5 nitrogen and oxygen atoms in total. The summed E-state index contributed by atoms with van der Waals surface area (Å²) in [4.78, 5) is 15.9. The minimum absolute atomic E-state index is 0.0236. The maximum Gasteiger partial charge on any atom is 0.586 e. The van der Waals surface area contributed by atoms with Crippen molar-refractivity contribution in [2.24, 2.45) is 0 Å². The van der Waals surface area contributed by atoms with E-state index < -0.39 is 6.29 Å². The number of hydrogen-bond acceptors (Lipinski definition) is 5. The largest absolute Gasteiger partial charge is 0.586 e. The maximum atomic E-state index is 13.4. The first-order chi connectivity index (χ1) is 15.3. The van der Waals surface area contributed by atoms with Gasteiger partial charge in [0.1, 0.15) is 12.1 Å². The van der Waals surface area contributed by atoms with Crippen LogP contribution < -0.4 is 14.8 Å². The van der Waals surface area contributed by atoms with Crippen molar-refractivity contribution in [1.29, 1.82) is 0 Å². The first kappa shape index (κ1) is 20.2. The quantitative estimate of drug-likeness (QED) is 0.493. The number of aldehydes is 1. The molecule has 5 rings (SSSR count). The van der Waals surface area contributed by atoms with Crippen LogP contribution >= 0.6 is 0 Å². The topological polar surface area (TPSA) is 60.5 Å². The Morgan fingerprint density at radius 3 is 2.62 bits per heavy atom. The Labute approximate surface area is 183 Å². The molecule has 0 radical (unpaired) electrons. The number of pyridine rings is 1. The molecule has 2 aromatic carbocycles. The SMILES string of the molecule is C=C(Nc1ccc(C)c(-c2cccc(C=O)c2)n1)C1(c2ccc3c(c2)OC(F)(F)O3)CC1. The van der Waals surface area contributed by atoms with Crippen LogP contribution in [0.2, 0.25) is 0 Å². The molecule has 0 atom stereocenters. The van der Waals surface area contributed by atoms with Crippen LogP contribution in [-0.2, 0) is 5.41 Å². The second kappa shape index (κ2) is 7.15. The Morgan fingerprint density at radius 1 is 1.09 bits per heavy atom. The average molecular weight is 434 g/mol. The standard InChI is InChI=1S/C25H20F2N2O3/c1-15-6-9-22(29-23(15)18-5-3-4-17(12-18)14-30)28-16(2)24(10-11-24)19-7-8-20-21(13-19)32-25(26,27)31-20/h3-9,12-14H,2,10-11H2,1H3,(H,28,29). The van der Waals surface area contributed by atoms with Gasteiger partial charge in [-0.25, -0.2) is 4.98 Å². The highest BCUT2D eigenvalue weighted by molar-refractivity contribution is 5.79. The molecule has 0 saturated heterocycles. The number of allylic oxidation sites excluding steroid dienone is 1. The summed E-state index contributed by atoms with van der Waals surface area (Å²) in [6, 6.07) is 15.9. The molecule has 162 valence electrons. The van der Waals surface area contributed by atoms with E-state index in [1.165, 1.54) is 6.07 Å². The molecule has 2 heterocycles. The number of carbonyl (C=O) groups excluding carboxylic acids is 1. The number of carbonyl (C=O) groups is 1. The second-order valence-electron chi connectivity index (χ2n) is 8.12. The van der Waals surface area contributed by atoms with E-state index in [9.17, 15) is 13.6 Å². The zero-order valence-electron chi connectivity index (χ0n) is 17.3. The van der Waals surface area contributed by atoms with E-state index >= 15 is 0 Å². The van der Waals surface area contributed by atoms with E-state index in [-0.39, 0.29) is 16.9 Å². The third-order valence-electron chi connectivity index (χ3n) is 5.95. The number of nitrogens with one attached hydrogen (secondary N) is 1. The summed E-state index contributed by atoms with van der Waals surface area (Å²) in [5.74, 6) is 0.665. The summed E-state index contributed by atoms with van der Waals surface area (Å²) in [7, 11) is 0. The molecule has 1 aliphatic heterocycles. The van der Waals surface area contributed by atoms with E-state index in [2.05, 4.69) is 21.4 Å². The number of aromatic nitrogens is 1. The summed E-state index contributed by atoms with van der Waals surface area (Å²) >= 11 is 0. The van der Waals surface area contributed by atoms with Gasteiger partial charge in [-0.05, 0) is 55.2 Å². The van der Waals surface area contributed by atoms with Crippen LogP contribution in [0.4, 0.5) is 14.6 Å². The van der Waals surface area contributed by atoms with Crippen molar-refractivity contribution < 1.29 is 23.0 Å². The summed E-state index contributed by atoms with van der Waals surface area (Å²) in [6.45, 7) is 6.17. The Hall–Kier alpha value is -3.74. The van der Waals surface area contributed by atoms with E-state index in [1.54, 1.807) is 24.3 Å². The van der Waals surface area contributed by atoms with Crippen molar-refractivity contribution in [3.05, 3.63) is 83.6 Å². The van der Waals surface area contributed by atoms with Gasteiger partial charge in [0, 0.05) is 22.2 Å². The molecule has 0 unspecified atom stereocenters. The lowest BCUT2D eigenvalue weighted by molar-refractivity contribution is -0.286. The predicted molar refractivity (Wildman–Crippen MR) is 116 cm³/mol. The van der Waals surface area contributed by atoms with Crippen molar-refractivity contribution in [3.8, 4) is 22.8 Å². The normalized spacial score (nSPS) is 17.0. The summed E-state index contributed by atoms with van der Waals surface area (Å²) in [5, 5.41) is 3.30. The number of halogens is 2. The van der Waals surface area contributed by atoms with Crippen LogP contribution in [0.3, 0.4) is 0 Å². The van der Waals surface area contributed by atoms with Crippen molar-refractivity contribution >= 4 is 12.1 Å². The number of alkyl halides is 2. The van der Waals surface area contributed by atoms with Crippen LogP contribution in [-0.4, -0.2) is 17.6 Å². The highest BCUT2D eigenvalue weighted by Gasteiger charge is 2.49. The van der Waals surface area contributed by atoms with Gasteiger partial charge < -0.3 is 14.8 Å². The molecule has 3 aromatic rings. The summed E-state index contributed by atoms with van der Waals surface area (Å²) in [6.07, 6.45) is -1.18. The minimum atomic E-state index is -3.64. The number of rotatable bonds is 6. The molecule has 0 bridgehead atoms. The molecule has 1 fully saturated rings. The van der Waals surface area contributed by atoms with E-state index in [0.717, 1.165) is 47.2 Å². The van der Waals surface area contributed by atoms with Gasteiger partial charge in [0.05, 0.1) is 5.69 Å². The Bertz CT molecular complexity index is 1250. The Kier molecular flexibility index (Phi) is 4.51. The number of aryl methyl sites for hydroxylation is 1. The van der Waals surface area contributed by atoms with Crippen LogP contribution in [0.5, 0.6) is 11.5 Å². The monoisotopic (exact) mass is 434 g/mol. The van der Waals surface area contributed by atoms with E-state index in [4.69, 9.17) is 4.98 Å². The summed E-state index contributed by atoms with van der Waals surface area (Å²) in [5.41, 5.74) is 4.34. The third kappa shape index (κ3) is 3.49. The van der Waals surface area contributed by atoms with E-state index in [1.807, 2.05) is 31.2 Å². The number of ether oxygens (including phenoxy) is 2. The highest BCUT2D eigenvalue weighted by Crippen LogP contribution is 2.55. The lowest BCUT2D eigenvalue weighted by Gasteiger charge is -2.21. The fourth-order valence-electron chi connectivity index (χ4n) is 4.06. The van der Waals surface area contributed by atoms with Crippen LogP contribution in [0, 0.1) is 6.92 Å². The number of benzene rings is 2. The smallest absolute Gasteiger partial charge is 0.395 e. The van der Waals surface area contributed by atoms with Gasteiger partial charge in [-0.3, -0.25) is 4.79 Å². The first-order valence-electron chi connectivity index (χ1n) is 10.2. The Balaban J connectivity index is 1.40. The van der Waals surface area contributed by atoms with E-state index in [0.29, 0.717) is 11.4 Å². The molecule has 7 heteroatoms. The van der Waals surface area contributed by atoms with Gasteiger partial charge in [-0.1, -0.05) is 36.9 Å². The lowest BCUT2D eigenvalue weighted by Crippen LogP contribution is -2.26. The molecule has 1 aromatic heterocycles. The third-order valence-corrected chi connectivity index (χ3v) is 5.95. The molecule has 1 aliphatic carbocycles. The second-order valence-corrected chi connectivity index (χ2v) is 8.12. The number of anilines is 1. The maximum absolute atomic E-state index is 13.4. The first-order valence-corrected chi connectivity index (χ1v) is 10.2. The molecule has 1 saturated carbocycles. The van der Waals surface area contributed by atoms with Gasteiger partial charge in [0.15, 0.2) is 11.5 Å². The van der Waals surface area contributed by atoms with Crippen LogP contribution in [0.15, 0.2) is 66.9 Å². The van der Waals surface area contributed by atoms with Gasteiger partial charge in [-0.2, -0.15) is 0 Å². The van der Waals surface area contributed by atoms with Crippen molar-refractivity contribution in [1.82, 2.24) is 4.98 Å². The molecule has 0 amide bonds. The van der Waals surface area contributed by atoms with Crippen LogP contribution in [0.25, 0.3) is 11.3 Å². The number of nitrogens with zero attached hydrogens (tertiary/aromatic N) is 1. The van der Waals surface area contributed by atoms with Crippen LogP contribution in [0.1, 0.15) is 34.3 Å². The van der Waals surface area contributed by atoms with Gasteiger partial charge in [0.2, 0.25) is 0 Å². The fourth-order valence-corrected chi connectivity index (χ4v) is 4.06. The van der Waals surface area contributed by atoms with Gasteiger partial charge >= 0.3 is 6.29 Å². The molecule has 1 N–H and O–H groups in total. The zero-order valence-corrected chi connectivity index (χ0v) is 17.3. The predicted octanol–water partition coefficient (Wildman–Crippen LogP) is 5.85. The minimum Gasteiger partial charge on any atom is -0.395 e. The molecule has 0 spiro atoms. The fraction of sp³-hybridized carbons (Fsp3) is 0.200. The molecule has 2 aliphatic rings. The van der Waals surface area contributed by atoms with Gasteiger partial charge in [-0.15, -0.1) is 8.78 Å². The molecular formula is C25H20F2N2O3. The Morgan fingerprint density at radius 2 is 1.88 bits per heavy atom. The lowest BCUT2D eigenvalue weighted by atomic mass is 9.92. The number of hydrogen-bond donors (Lipinski definition) is 1. The average Bonchev–Trinajstić information content (AvgIpc) is 3.52. The highest BCUT2D eigenvalue weighted by atomic mass is 19.3. The molecule has 32 heavy (non-hydrogen) atoms. The van der Waals surface area contributed by atoms with Crippen molar-refractivity contribution in [2.45, 2.75) is 31.5 Å². The molecular weight excluding hydrogens is 414 g/mol. The van der Waals surface area contributed by atoms with Crippen molar-refractivity contribution in [2.75, 3.05) is 5.32 Å². The van der Waals surface area contributed by atoms with Gasteiger partial charge in [0.25, 0.3) is 0 Å². The summed E-state index contributed by atoms with van der Waals surface area (Å²) < 4.78 is 35.9. The zero-order chi connectivity index (χ0) is 22.5. The van der Waals surface area contributed by atoms with Crippen molar-refractivity contribution in [3.63, 3.8) is 0 Å².